The van der Waals surface area contributed by atoms with Crippen LogP contribution in [0.4, 0.5) is 0 Å². The van der Waals surface area contributed by atoms with Gasteiger partial charge in [0.1, 0.15) is 0 Å². The van der Waals surface area contributed by atoms with Gasteiger partial charge in [-0.15, -0.1) is 0 Å². The third kappa shape index (κ3) is 7.70. The van der Waals surface area contributed by atoms with Gasteiger partial charge >= 0.3 is 0 Å². The van der Waals surface area contributed by atoms with Crippen LogP contribution < -0.4 is 5.32 Å². The summed E-state index contributed by atoms with van der Waals surface area (Å²) in [4.78, 5) is 0. The second kappa shape index (κ2) is 8.85. The number of nitrogens with zero attached hydrogens (tertiary/aromatic N) is 1. The summed E-state index contributed by atoms with van der Waals surface area (Å²) in [6.45, 7) is 7.52. The molecule has 0 unspecified atom stereocenters. The number of sulfonamides is 1. The van der Waals surface area contributed by atoms with E-state index in [1.165, 1.54) is 4.31 Å². The topological polar surface area (TPSA) is 69.6 Å². The molecule has 0 heterocycles. The summed E-state index contributed by atoms with van der Waals surface area (Å²) in [5.41, 5.74) is 0. The first-order valence-corrected chi connectivity index (χ1v) is 7.87. The van der Waals surface area contributed by atoms with E-state index in [4.69, 9.17) is 5.11 Å². The van der Waals surface area contributed by atoms with E-state index < -0.39 is 10.0 Å². The van der Waals surface area contributed by atoms with Crippen molar-refractivity contribution in [3.63, 3.8) is 0 Å². The van der Waals surface area contributed by atoms with Crippen LogP contribution in [-0.2, 0) is 10.0 Å². The maximum Gasteiger partial charge on any atom is 0.214 e. The van der Waals surface area contributed by atoms with Crippen LogP contribution in [0.3, 0.4) is 0 Å². The number of hydrogen-bond donors (Lipinski definition) is 2. The molecule has 104 valence electrons. The third-order valence-corrected chi connectivity index (χ3v) is 4.48. The van der Waals surface area contributed by atoms with Crippen LogP contribution in [0.25, 0.3) is 0 Å². The Morgan fingerprint density at radius 1 is 1.29 bits per heavy atom. The van der Waals surface area contributed by atoms with E-state index in [1.54, 1.807) is 0 Å². The van der Waals surface area contributed by atoms with Gasteiger partial charge in [0, 0.05) is 25.7 Å². The van der Waals surface area contributed by atoms with Crippen LogP contribution in [-0.4, -0.2) is 55.9 Å². The largest absolute Gasteiger partial charge is 0.396 e. The molecule has 0 bridgehead atoms. The van der Waals surface area contributed by atoms with Gasteiger partial charge in [-0.3, -0.25) is 0 Å². The molecule has 0 amide bonds. The predicted molar refractivity (Wildman–Crippen MR) is 70.5 cm³/mol. The number of rotatable bonds is 10. The Bertz CT molecular complexity index is 278. The number of hydrogen-bond acceptors (Lipinski definition) is 4. The molecule has 0 aliphatic carbocycles. The molecule has 0 aromatic carbocycles. The minimum absolute atomic E-state index is 0.0287. The Balaban J connectivity index is 4.06. The molecular weight excluding hydrogens is 240 g/mol. The van der Waals surface area contributed by atoms with E-state index in [1.807, 2.05) is 20.8 Å². The molecule has 0 aromatic rings. The normalized spacial score (nSPS) is 12.6. The van der Waals surface area contributed by atoms with Crippen LogP contribution >= 0.6 is 0 Å². The molecule has 0 aromatic heterocycles. The van der Waals surface area contributed by atoms with Gasteiger partial charge < -0.3 is 10.4 Å². The highest BCUT2D eigenvalue weighted by atomic mass is 32.2. The molecule has 6 heteroatoms. The average Bonchev–Trinajstić information content (AvgIpc) is 2.25. The summed E-state index contributed by atoms with van der Waals surface area (Å²) in [5, 5.41) is 11.9. The van der Waals surface area contributed by atoms with Crippen molar-refractivity contribution in [3.05, 3.63) is 0 Å². The lowest BCUT2D eigenvalue weighted by molar-refractivity contribution is 0.271. The monoisotopic (exact) mass is 266 g/mol. The maximum absolute atomic E-state index is 11.9. The summed E-state index contributed by atoms with van der Waals surface area (Å²) in [6.07, 6.45) is 1.12. The molecule has 0 rings (SSSR count). The van der Waals surface area contributed by atoms with Crippen molar-refractivity contribution in [2.75, 3.05) is 32.0 Å². The number of nitrogens with one attached hydrogen (secondary N) is 1. The fourth-order valence-electron chi connectivity index (χ4n) is 1.52. The molecule has 0 aliphatic rings. The van der Waals surface area contributed by atoms with Gasteiger partial charge in [-0.05, 0) is 19.4 Å². The van der Waals surface area contributed by atoms with Crippen molar-refractivity contribution in [1.29, 1.82) is 0 Å². The van der Waals surface area contributed by atoms with Crippen LogP contribution in [0.5, 0.6) is 0 Å². The number of aliphatic hydroxyl groups is 1. The van der Waals surface area contributed by atoms with E-state index in [0.717, 1.165) is 0 Å². The molecule has 0 atom stereocenters. The highest BCUT2D eigenvalue weighted by Gasteiger charge is 2.19. The Morgan fingerprint density at radius 3 is 2.41 bits per heavy atom. The summed E-state index contributed by atoms with van der Waals surface area (Å²) in [6, 6.07) is 0.384. The fourth-order valence-corrected chi connectivity index (χ4v) is 3.08. The van der Waals surface area contributed by atoms with Gasteiger partial charge in [0.05, 0.1) is 5.75 Å². The maximum atomic E-state index is 11.9. The van der Waals surface area contributed by atoms with Crippen molar-refractivity contribution in [1.82, 2.24) is 9.62 Å². The van der Waals surface area contributed by atoms with E-state index in [2.05, 4.69) is 5.32 Å². The summed E-state index contributed by atoms with van der Waals surface area (Å²) in [7, 11) is -3.16. The zero-order valence-electron chi connectivity index (χ0n) is 11.1. The van der Waals surface area contributed by atoms with Crippen LogP contribution in [0.15, 0.2) is 0 Å². The Morgan fingerprint density at radius 2 is 1.94 bits per heavy atom. The van der Waals surface area contributed by atoms with E-state index in [9.17, 15) is 8.42 Å². The standard InChI is InChI=1S/C11H26N2O3S/c1-4-13(8-6-9-14)17(15,16)10-5-7-12-11(2)3/h11-12,14H,4-10H2,1-3H3. The highest BCUT2D eigenvalue weighted by molar-refractivity contribution is 7.89. The van der Waals surface area contributed by atoms with Crippen LogP contribution in [0.1, 0.15) is 33.6 Å². The zero-order valence-corrected chi connectivity index (χ0v) is 12.0. The molecule has 0 radical (unpaired) electrons. The Kier molecular flexibility index (Phi) is 8.77. The van der Waals surface area contributed by atoms with Crippen molar-refractivity contribution in [2.45, 2.75) is 39.7 Å². The molecule has 0 fully saturated rings. The van der Waals surface area contributed by atoms with Gasteiger partial charge in [-0.2, -0.15) is 0 Å². The SMILES string of the molecule is CCN(CCCO)S(=O)(=O)CCCNC(C)C. The van der Waals surface area contributed by atoms with Gasteiger partial charge in [0.15, 0.2) is 0 Å². The quantitative estimate of drug-likeness (QED) is 0.562. The number of aliphatic hydroxyl groups excluding tert-OH is 1. The van der Waals surface area contributed by atoms with E-state index in [-0.39, 0.29) is 12.4 Å². The lowest BCUT2D eigenvalue weighted by Crippen LogP contribution is -2.35. The predicted octanol–water partition coefficient (Wildman–Crippen LogP) is 0.409. The van der Waals surface area contributed by atoms with Crippen molar-refractivity contribution in [3.8, 4) is 0 Å². The zero-order chi connectivity index (χ0) is 13.3. The summed E-state index contributed by atoms with van der Waals surface area (Å²) < 4.78 is 25.3. The highest BCUT2D eigenvalue weighted by Crippen LogP contribution is 2.04. The lowest BCUT2D eigenvalue weighted by atomic mass is 10.4. The first kappa shape index (κ1) is 16.8. The minimum Gasteiger partial charge on any atom is -0.396 e. The summed E-state index contributed by atoms with van der Waals surface area (Å²) in [5.74, 6) is 0.173. The molecule has 0 saturated heterocycles. The van der Waals surface area contributed by atoms with Gasteiger partial charge in [-0.25, -0.2) is 12.7 Å². The van der Waals surface area contributed by atoms with Crippen molar-refractivity contribution >= 4 is 10.0 Å². The van der Waals surface area contributed by atoms with Gasteiger partial charge in [0.25, 0.3) is 0 Å². The van der Waals surface area contributed by atoms with Crippen molar-refractivity contribution in [2.24, 2.45) is 0 Å². The first-order valence-electron chi connectivity index (χ1n) is 6.26. The minimum atomic E-state index is -3.16. The molecule has 5 nitrogen and oxygen atoms in total. The van der Waals surface area contributed by atoms with Gasteiger partial charge in [-0.1, -0.05) is 20.8 Å². The third-order valence-electron chi connectivity index (χ3n) is 2.44. The molecule has 2 N–H and O–H groups in total. The second-order valence-corrected chi connectivity index (χ2v) is 6.44. The van der Waals surface area contributed by atoms with E-state index in [0.29, 0.717) is 38.5 Å². The molecular formula is C11H26N2O3S. The van der Waals surface area contributed by atoms with Gasteiger partial charge in [0.2, 0.25) is 10.0 Å². The molecule has 0 aliphatic heterocycles. The Labute approximate surface area is 105 Å². The Hall–Kier alpha value is -0.170. The molecule has 0 spiro atoms. The lowest BCUT2D eigenvalue weighted by Gasteiger charge is -2.20. The molecule has 17 heavy (non-hydrogen) atoms. The van der Waals surface area contributed by atoms with Crippen LogP contribution in [0.2, 0.25) is 0 Å². The van der Waals surface area contributed by atoms with E-state index >= 15 is 0 Å². The van der Waals surface area contributed by atoms with Crippen molar-refractivity contribution < 1.29 is 13.5 Å². The fraction of sp³-hybridized carbons (Fsp3) is 1.00. The first-order chi connectivity index (χ1) is 7.94. The average molecular weight is 266 g/mol. The molecule has 0 saturated carbocycles. The smallest absolute Gasteiger partial charge is 0.214 e. The van der Waals surface area contributed by atoms with Crippen LogP contribution in [0, 0.1) is 0 Å². The summed E-state index contributed by atoms with van der Waals surface area (Å²) >= 11 is 0. The second-order valence-electron chi connectivity index (χ2n) is 4.35.